The lowest BCUT2D eigenvalue weighted by Gasteiger charge is -2.14. The number of carbonyl (C=O) groups excluding carboxylic acids is 1. The summed E-state index contributed by atoms with van der Waals surface area (Å²) >= 11 is 0. The molecule has 0 unspecified atom stereocenters. The molecule has 2 aromatic rings. The van der Waals surface area contributed by atoms with Crippen molar-refractivity contribution in [3.8, 4) is 0 Å². The van der Waals surface area contributed by atoms with E-state index < -0.39 is 6.04 Å². The van der Waals surface area contributed by atoms with Gasteiger partial charge in [-0.2, -0.15) is 10.1 Å². The first kappa shape index (κ1) is 16.4. The number of rotatable bonds is 6. The summed E-state index contributed by atoms with van der Waals surface area (Å²) in [6.07, 6.45) is 4.07. The summed E-state index contributed by atoms with van der Waals surface area (Å²) < 4.78 is 6.30. The molecule has 1 atom stereocenters. The molecule has 3 rings (SSSR count). The zero-order valence-electron chi connectivity index (χ0n) is 13.9. The van der Waals surface area contributed by atoms with E-state index in [1.807, 2.05) is 0 Å². The van der Waals surface area contributed by atoms with Crippen LogP contribution < -0.4 is 10.9 Å². The number of aryl methyl sites for hydroxylation is 4. The Kier molecular flexibility index (Phi) is 4.73. The molecule has 0 saturated carbocycles. The predicted molar refractivity (Wildman–Crippen MR) is 85.6 cm³/mol. The highest BCUT2D eigenvalue weighted by atomic mass is 16.5. The van der Waals surface area contributed by atoms with Gasteiger partial charge in [0.1, 0.15) is 6.04 Å². The summed E-state index contributed by atoms with van der Waals surface area (Å²) in [7, 11) is 0. The molecule has 8 nitrogen and oxygen atoms in total. The molecular formula is C16H21N5O3. The lowest BCUT2D eigenvalue weighted by Crippen LogP contribution is -2.37. The highest BCUT2D eigenvalue weighted by Gasteiger charge is 2.21. The van der Waals surface area contributed by atoms with Crippen molar-refractivity contribution in [3.05, 3.63) is 39.4 Å². The molecule has 0 aliphatic heterocycles. The topological polar surface area (TPSA) is 103 Å². The van der Waals surface area contributed by atoms with Crippen molar-refractivity contribution in [3.63, 3.8) is 0 Å². The van der Waals surface area contributed by atoms with Crippen molar-refractivity contribution in [1.82, 2.24) is 25.2 Å². The molecule has 0 spiro atoms. The second-order valence-electron chi connectivity index (χ2n) is 6.06. The Morgan fingerprint density at radius 1 is 1.46 bits per heavy atom. The van der Waals surface area contributed by atoms with Crippen LogP contribution in [0.2, 0.25) is 0 Å². The number of hydrogen-bond donors (Lipinski definition) is 1. The summed E-state index contributed by atoms with van der Waals surface area (Å²) in [5.41, 5.74) is 1.72. The van der Waals surface area contributed by atoms with E-state index in [4.69, 9.17) is 4.52 Å². The highest BCUT2D eigenvalue weighted by Crippen LogP contribution is 2.17. The fourth-order valence-electron chi connectivity index (χ4n) is 2.84. The average Bonchev–Trinajstić information content (AvgIpc) is 3.18. The highest BCUT2D eigenvalue weighted by molar-refractivity contribution is 5.79. The van der Waals surface area contributed by atoms with Crippen LogP contribution in [0.4, 0.5) is 0 Å². The second-order valence-corrected chi connectivity index (χ2v) is 6.06. The smallest absolute Gasteiger partial charge is 0.267 e. The van der Waals surface area contributed by atoms with E-state index in [0.717, 1.165) is 30.5 Å². The number of hydrogen-bond acceptors (Lipinski definition) is 6. The third-order valence-corrected chi connectivity index (χ3v) is 4.16. The minimum Gasteiger partial charge on any atom is -0.354 e. The van der Waals surface area contributed by atoms with Gasteiger partial charge in [0, 0.05) is 19.0 Å². The van der Waals surface area contributed by atoms with Crippen molar-refractivity contribution >= 4 is 5.91 Å². The summed E-state index contributed by atoms with van der Waals surface area (Å²) in [4.78, 5) is 28.5. The summed E-state index contributed by atoms with van der Waals surface area (Å²) in [6.45, 7) is 3.93. The van der Waals surface area contributed by atoms with Gasteiger partial charge in [-0.1, -0.05) is 5.16 Å². The van der Waals surface area contributed by atoms with Crippen LogP contribution in [0.25, 0.3) is 0 Å². The summed E-state index contributed by atoms with van der Waals surface area (Å²) in [5, 5.41) is 10.9. The zero-order chi connectivity index (χ0) is 17.1. The van der Waals surface area contributed by atoms with E-state index in [1.165, 1.54) is 4.68 Å². The van der Waals surface area contributed by atoms with Crippen LogP contribution >= 0.6 is 0 Å². The van der Waals surface area contributed by atoms with Crippen molar-refractivity contribution in [2.45, 2.75) is 52.0 Å². The van der Waals surface area contributed by atoms with E-state index in [1.54, 1.807) is 19.9 Å². The van der Waals surface area contributed by atoms with Gasteiger partial charge < -0.3 is 9.84 Å². The molecule has 1 amide bonds. The first-order valence-corrected chi connectivity index (χ1v) is 8.23. The number of carbonyl (C=O) groups is 1. The van der Waals surface area contributed by atoms with Gasteiger partial charge in [-0.05, 0) is 45.1 Å². The van der Waals surface area contributed by atoms with Gasteiger partial charge in [-0.25, -0.2) is 4.68 Å². The molecule has 0 bridgehead atoms. The molecule has 0 saturated heterocycles. The Morgan fingerprint density at radius 2 is 2.29 bits per heavy atom. The van der Waals surface area contributed by atoms with Crippen molar-refractivity contribution in [2.75, 3.05) is 6.54 Å². The zero-order valence-corrected chi connectivity index (χ0v) is 13.9. The Labute approximate surface area is 139 Å². The van der Waals surface area contributed by atoms with E-state index in [-0.39, 0.29) is 11.5 Å². The molecule has 0 fully saturated rings. The van der Waals surface area contributed by atoms with E-state index in [0.29, 0.717) is 31.1 Å². The number of nitrogens with one attached hydrogen (secondary N) is 1. The maximum absolute atomic E-state index is 12.2. The minimum absolute atomic E-state index is 0.218. The molecular weight excluding hydrogens is 310 g/mol. The number of aromatic nitrogens is 4. The molecule has 1 N–H and O–H groups in total. The minimum atomic E-state index is -0.631. The molecule has 1 aliphatic rings. The molecule has 24 heavy (non-hydrogen) atoms. The molecule has 1 aliphatic carbocycles. The second kappa shape index (κ2) is 6.94. The quantitative estimate of drug-likeness (QED) is 0.783. The Bertz CT molecular complexity index is 795. The van der Waals surface area contributed by atoms with Crippen LogP contribution in [-0.2, 0) is 24.1 Å². The van der Waals surface area contributed by atoms with Gasteiger partial charge in [0.15, 0.2) is 5.82 Å². The third kappa shape index (κ3) is 3.52. The molecule has 0 aromatic carbocycles. The first-order chi connectivity index (χ1) is 11.5. The van der Waals surface area contributed by atoms with Gasteiger partial charge in [-0.15, -0.1) is 0 Å². The molecule has 2 aromatic heterocycles. The third-order valence-electron chi connectivity index (χ3n) is 4.16. The predicted octanol–water partition coefficient (Wildman–Crippen LogP) is 0.733. The van der Waals surface area contributed by atoms with Crippen LogP contribution in [-0.4, -0.2) is 32.4 Å². The average molecular weight is 331 g/mol. The number of amides is 1. The van der Waals surface area contributed by atoms with Crippen LogP contribution in [0.15, 0.2) is 15.4 Å². The molecule has 2 heterocycles. The van der Waals surface area contributed by atoms with Gasteiger partial charge in [-0.3, -0.25) is 9.59 Å². The molecule has 128 valence electrons. The standard InChI is InChI=1S/C16H21N5O3/c1-10(21-15(22)9-12-5-3-6-13(12)19-21)16(23)17-8-4-7-14-18-11(2)20-24-14/h9-10H,3-8H2,1-2H3,(H,17,23)/t10-/m0/s1. The number of fused-ring (bicyclic) bond motifs is 1. The largest absolute Gasteiger partial charge is 0.354 e. The normalized spacial score (nSPS) is 14.4. The van der Waals surface area contributed by atoms with Gasteiger partial charge in [0.2, 0.25) is 11.8 Å². The van der Waals surface area contributed by atoms with Crippen molar-refractivity contribution in [1.29, 1.82) is 0 Å². The van der Waals surface area contributed by atoms with Crippen LogP contribution in [0.3, 0.4) is 0 Å². The van der Waals surface area contributed by atoms with Crippen molar-refractivity contribution < 1.29 is 9.32 Å². The van der Waals surface area contributed by atoms with E-state index in [9.17, 15) is 9.59 Å². The van der Waals surface area contributed by atoms with E-state index >= 15 is 0 Å². The van der Waals surface area contributed by atoms with Crippen LogP contribution in [0.5, 0.6) is 0 Å². The number of nitrogens with zero attached hydrogens (tertiary/aromatic N) is 4. The lowest BCUT2D eigenvalue weighted by atomic mass is 10.2. The van der Waals surface area contributed by atoms with Gasteiger partial charge in [0.25, 0.3) is 5.56 Å². The Hall–Kier alpha value is -2.51. The van der Waals surface area contributed by atoms with Crippen LogP contribution in [0, 0.1) is 6.92 Å². The maximum Gasteiger partial charge on any atom is 0.267 e. The lowest BCUT2D eigenvalue weighted by molar-refractivity contribution is -0.124. The summed E-state index contributed by atoms with van der Waals surface area (Å²) in [5.74, 6) is 0.945. The molecule has 0 radical (unpaired) electrons. The fourth-order valence-corrected chi connectivity index (χ4v) is 2.84. The Balaban J connectivity index is 1.54. The Morgan fingerprint density at radius 3 is 3.04 bits per heavy atom. The van der Waals surface area contributed by atoms with Crippen LogP contribution in [0.1, 0.15) is 48.8 Å². The first-order valence-electron chi connectivity index (χ1n) is 8.23. The van der Waals surface area contributed by atoms with Gasteiger partial charge >= 0.3 is 0 Å². The maximum atomic E-state index is 12.2. The van der Waals surface area contributed by atoms with Crippen molar-refractivity contribution in [2.24, 2.45) is 0 Å². The monoisotopic (exact) mass is 331 g/mol. The SMILES string of the molecule is Cc1noc(CCCNC(=O)[C@H](C)n2nc3c(cc2=O)CCC3)n1. The molecule has 8 heteroatoms. The van der Waals surface area contributed by atoms with Gasteiger partial charge in [0.05, 0.1) is 5.69 Å². The van der Waals surface area contributed by atoms with E-state index in [2.05, 4.69) is 20.6 Å². The summed E-state index contributed by atoms with van der Waals surface area (Å²) in [6, 6.07) is 0.978. The fraction of sp³-hybridized carbons (Fsp3) is 0.562.